The maximum Gasteiger partial charge on any atom is 0.263 e. The summed E-state index contributed by atoms with van der Waals surface area (Å²) in [6.07, 6.45) is 0.360. The molecule has 0 spiro atoms. The molecular formula is C33H33BrCl2N4O4. The van der Waals surface area contributed by atoms with Crippen LogP contribution in [0.4, 0.5) is 5.95 Å². The number of halogens is 3. The van der Waals surface area contributed by atoms with Gasteiger partial charge in [0.05, 0.1) is 42.2 Å². The standard InChI is InChI=1S/C33H33BrCl2N4O4/c1-19(2)38(17-22-6-12-25(43-4)16-30(22)44-5)33-37-29-18-39(31(41)21-7-13-27(35)28(36)15-21)20(3)14-26(29)32(42)40(33)24-10-8-23(34)9-11-24/h6-13,15-16,19-20H,14,17-18H2,1-5H3/t20-/m1/s1. The summed E-state index contributed by atoms with van der Waals surface area (Å²) in [5, 5.41) is 0.684. The molecule has 1 amide bonds. The zero-order valence-corrected chi connectivity index (χ0v) is 28.2. The van der Waals surface area contributed by atoms with Gasteiger partial charge in [-0.1, -0.05) is 39.1 Å². The molecule has 0 N–H and O–H groups in total. The van der Waals surface area contributed by atoms with Gasteiger partial charge in [-0.3, -0.25) is 9.59 Å². The monoisotopic (exact) mass is 698 g/mol. The summed E-state index contributed by atoms with van der Waals surface area (Å²) in [4.78, 5) is 37.0. The molecule has 0 fully saturated rings. The van der Waals surface area contributed by atoms with Crippen LogP contribution in [0.5, 0.6) is 11.5 Å². The molecule has 1 aromatic heterocycles. The lowest BCUT2D eigenvalue weighted by Gasteiger charge is -2.36. The van der Waals surface area contributed by atoms with Gasteiger partial charge >= 0.3 is 0 Å². The fourth-order valence-electron chi connectivity index (χ4n) is 5.38. The van der Waals surface area contributed by atoms with Crippen LogP contribution in [-0.2, 0) is 19.5 Å². The molecule has 8 nitrogen and oxygen atoms in total. The number of hydrogen-bond donors (Lipinski definition) is 0. The summed E-state index contributed by atoms with van der Waals surface area (Å²) in [7, 11) is 3.23. The number of anilines is 1. The van der Waals surface area contributed by atoms with E-state index in [4.69, 9.17) is 37.7 Å². The minimum Gasteiger partial charge on any atom is -0.497 e. The molecule has 0 radical (unpaired) electrons. The average molecular weight is 700 g/mol. The maximum absolute atomic E-state index is 14.4. The molecule has 1 aliphatic heterocycles. The highest BCUT2D eigenvalue weighted by molar-refractivity contribution is 9.10. The van der Waals surface area contributed by atoms with E-state index in [9.17, 15) is 9.59 Å². The lowest BCUT2D eigenvalue weighted by atomic mass is 9.98. The Morgan fingerprint density at radius 3 is 2.41 bits per heavy atom. The van der Waals surface area contributed by atoms with Crippen LogP contribution in [0, 0.1) is 0 Å². The van der Waals surface area contributed by atoms with Crippen molar-refractivity contribution in [2.75, 3.05) is 19.1 Å². The Hall–Kier alpha value is -3.53. The maximum atomic E-state index is 14.4. The SMILES string of the molecule is COc1ccc(CN(c2nc3c(c(=O)n2-c2ccc(Br)cc2)C[C@@H](C)N(C(=O)c2ccc(Cl)c(Cl)c2)C3)C(C)C)c(OC)c1. The van der Waals surface area contributed by atoms with Gasteiger partial charge < -0.3 is 19.3 Å². The van der Waals surface area contributed by atoms with E-state index >= 15 is 0 Å². The number of carbonyl (C=O) groups is 1. The molecule has 2 heterocycles. The quantitative estimate of drug-likeness (QED) is 0.192. The van der Waals surface area contributed by atoms with E-state index in [2.05, 4.69) is 34.7 Å². The zero-order chi connectivity index (χ0) is 31.7. The first kappa shape index (κ1) is 31.9. The van der Waals surface area contributed by atoms with Gasteiger partial charge in [-0.2, -0.15) is 0 Å². The van der Waals surface area contributed by atoms with Crippen LogP contribution in [-0.4, -0.2) is 46.7 Å². The van der Waals surface area contributed by atoms with Crippen molar-refractivity contribution >= 4 is 51.0 Å². The first-order valence-electron chi connectivity index (χ1n) is 14.2. The number of hydrogen-bond acceptors (Lipinski definition) is 6. The van der Waals surface area contributed by atoms with Crippen LogP contribution in [0.3, 0.4) is 0 Å². The average Bonchev–Trinajstić information content (AvgIpc) is 3.01. The van der Waals surface area contributed by atoms with Crippen LogP contribution in [0.2, 0.25) is 10.0 Å². The molecule has 11 heteroatoms. The summed E-state index contributed by atoms with van der Waals surface area (Å²) in [5.74, 6) is 1.62. The number of nitrogens with zero attached hydrogens (tertiary/aromatic N) is 4. The fraction of sp³-hybridized carbons (Fsp3) is 0.303. The normalized spacial score (nSPS) is 14.4. The second kappa shape index (κ2) is 13.2. The van der Waals surface area contributed by atoms with Crippen LogP contribution < -0.4 is 19.9 Å². The first-order valence-corrected chi connectivity index (χ1v) is 15.7. The molecule has 5 rings (SSSR count). The minimum atomic E-state index is -0.243. The lowest BCUT2D eigenvalue weighted by molar-refractivity contribution is 0.0653. The number of carbonyl (C=O) groups excluding carboxylic acids is 1. The molecule has 0 saturated carbocycles. The Morgan fingerprint density at radius 1 is 1.05 bits per heavy atom. The Morgan fingerprint density at radius 2 is 1.77 bits per heavy atom. The van der Waals surface area contributed by atoms with Gasteiger partial charge in [-0.05, 0) is 81.8 Å². The zero-order valence-electron chi connectivity index (χ0n) is 25.1. The largest absolute Gasteiger partial charge is 0.497 e. The fourth-order valence-corrected chi connectivity index (χ4v) is 5.94. The molecule has 3 aromatic carbocycles. The first-order chi connectivity index (χ1) is 21.0. The van der Waals surface area contributed by atoms with Gasteiger partial charge in [0.15, 0.2) is 0 Å². The molecule has 230 valence electrons. The van der Waals surface area contributed by atoms with E-state index in [1.807, 2.05) is 49.4 Å². The smallest absolute Gasteiger partial charge is 0.263 e. The Balaban J connectivity index is 1.64. The van der Waals surface area contributed by atoms with E-state index in [-0.39, 0.29) is 30.1 Å². The number of amides is 1. The highest BCUT2D eigenvalue weighted by atomic mass is 79.9. The number of ether oxygens (including phenoxy) is 2. The second-order valence-corrected chi connectivity index (χ2v) is 12.7. The van der Waals surface area contributed by atoms with Crippen molar-refractivity contribution in [1.82, 2.24) is 14.5 Å². The number of rotatable bonds is 8. The lowest BCUT2D eigenvalue weighted by Crippen LogP contribution is -2.47. The second-order valence-electron chi connectivity index (χ2n) is 11.0. The molecule has 44 heavy (non-hydrogen) atoms. The van der Waals surface area contributed by atoms with Crippen molar-refractivity contribution in [3.05, 3.63) is 108 Å². The van der Waals surface area contributed by atoms with Crippen LogP contribution >= 0.6 is 39.1 Å². The van der Waals surface area contributed by atoms with Crippen LogP contribution in [0.15, 0.2) is 69.9 Å². The Labute approximate surface area is 275 Å². The van der Waals surface area contributed by atoms with Crippen LogP contribution in [0.25, 0.3) is 5.69 Å². The molecule has 0 bridgehead atoms. The number of fused-ring (bicyclic) bond motifs is 1. The van der Waals surface area contributed by atoms with Crippen molar-refractivity contribution in [2.45, 2.75) is 52.4 Å². The third-order valence-electron chi connectivity index (χ3n) is 7.82. The predicted octanol–water partition coefficient (Wildman–Crippen LogP) is 7.32. The van der Waals surface area contributed by atoms with Gasteiger partial charge in [0.2, 0.25) is 5.95 Å². The highest BCUT2D eigenvalue weighted by Crippen LogP contribution is 2.31. The summed E-state index contributed by atoms with van der Waals surface area (Å²) < 4.78 is 13.7. The summed E-state index contributed by atoms with van der Waals surface area (Å²) in [6.45, 7) is 6.63. The van der Waals surface area contributed by atoms with Gasteiger partial charge in [0, 0.05) is 45.9 Å². The van der Waals surface area contributed by atoms with E-state index in [1.165, 1.54) is 0 Å². The number of methoxy groups -OCH3 is 2. The van der Waals surface area contributed by atoms with Gasteiger partial charge in [0.25, 0.3) is 11.5 Å². The molecule has 0 aliphatic carbocycles. The van der Waals surface area contributed by atoms with Crippen LogP contribution in [0.1, 0.15) is 48.0 Å². The highest BCUT2D eigenvalue weighted by Gasteiger charge is 2.33. The molecule has 1 aliphatic rings. The van der Waals surface area contributed by atoms with Gasteiger partial charge in [0.1, 0.15) is 11.5 Å². The van der Waals surface area contributed by atoms with Crippen molar-refractivity contribution in [3.8, 4) is 17.2 Å². The topological polar surface area (TPSA) is 76.9 Å². The van der Waals surface area contributed by atoms with E-state index < -0.39 is 0 Å². The molecular weight excluding hydrogens is 667 g/mol. The van der Waals surface area contributed by atoms with Gasteiger partial charge in [-0.15, -0.1) is 0 Å². The summed E-state index contributed by atoms with van der Waals surface area (Å²) in [6, 6.07) is 17.8. The number of benzene rings is 3. The van der Waals surface area contributed by atoms with Gasteiger partial charge in [-0.25, -0.2) is 9.55 Å². The molecule has 1 atom stereocenters. The summed E-state index contributed by atoms with van der Waals surface area (Å²) in [5.41, 5.74) is 3.02. The third kappa shape index (κ3) is 6.32. The van der Waals surface area contributed by atoms with Crippen molar-refractivity contribution in [2.24, 2.45) is 0 Å². The Bertz CT molecular complexity index is 1760. The predicted molar refractivity (Wildman–Crippen MR) is 178 cm³/mol. The molecule has 0 saturated heterocycles. The minimum absolute atomic E-state index is 0.0510. The van der Waals surface area contributed by atoms with E-state index in [1.54, 1.807) is 41.9 Å². The third-order valence-corrected chi connectivity index (χ3v) is 9.09. The van der Waals surface area contributed by atoms with Crippen molar-refractivity contribution in [3.63, 3.8) is 0 Å². The molecule has 0 unspecified atom stereocenters. The van der Waals surface area contributed by atoms with E-state index in [0.717, 1.165) is 10.0 Å². The molecule has 4 aromatic rings. The van der Waals surface area contributed by atoms with Crippen molar-refractivity contribution < 1.29 is 14.3 Å². The summed E-state index contributed by atoms with van der Waals surface area (Å²) >= 11 is 15.8. The Kier molecular flexibility index (Phi) is 9.58. The van der Waals surface area contributed by atoms with Crippen molar-refractivity contribution in [1.29, 1.82) is 0 Å². The van der Waals surface area contributed by atoms with E-state index in [0.29, 0.717) is 63.0 Å². The number of aromatic nitrogens is 2.